The number of para-hydroxylation sites is 1. The maximum atomic E-state index is 12.9. The highest BCUT2D eigenvalue weighted by molar-refractivity contribution is 6.32. The third-order valence-electron chi connectivity index (χ3n) is 8.38. The van der Waals surface area contributed by atoms with Gasteiger partial charge in [-0.15, -0.1) is 6.58 Å². The van der Waals surface area contributed by atoms with Gasteiger partial charge in [0.2, 0.25) is 11.8 Å². The van der Waals surface area contributed by atoms with E-state index in [-0.39, 0.29) is 30.2 Å². The first-order chi connectivity index (χ1) is 22.8. The molecule has 4 aliphatic rings. The van der Waals surface area contributed by atoms with Crippen LogP contribution in [0.25, 0.3) is 0 Å². The molecule has 0 bridgehead atoms. The Kier molecular flexibility index (Phi) is 12.1. The highest BCUT2D eigenvalue weighted by Gasteiger charge is 2.39. The molecule has 2 N–H and O–H groups in total. The fraction of sp³-hybridized carbons (Fsp3) is 0.378. The number of likely N-dealkylation sites (tertiary alicyclic amines) is 1. The van der Waals surface area contributed by atoms with Crippen LogP contribution in [-0.2, 0) is 22.7 Å². The molecule has 9 nitrogen and oxygen atoms in total. The minimum Gasteiger partial charge on any atom is -0.489 e. The number of amides is 3. The molecule has 4 aliphatic heterocycles. The zero-order valence-electron chi connectivity index (χ0n) is 26.8. The van der Waals surface area contributed by atoms with Gasteiger partial charge in [0.25, 0.3) is 5.91 Å². The first kappa shape index (κ1) is 34.2. The first-order valence-corrected chi connectivity index (χ1v) is 16.6. The Morgan fingerprint density at radius 1 is 0.957 bits per heavy atom. The monoisotopic (exact) mass is 658 g/mol. The van der Waals surface area contributed by atoms with Crippen molar-refractivity contribution in [1.29, 1.82) is 0 Å². The number of nitrogens with zero attached hydrogens (tertiary/aromatic N) is 2. The highest BCUT2D eigenvalue weighted by atomic mass is 35.5. The minimum atomic E-state index is -0.596. The van der Waals surface area contributed by atoms with Gasteiger partial charge in [0.15, 0.2) is 0 Å². The van der Waals surface area contributed by atoms with E-state index in [2.05, 4.69) is 46.4 Å². The molecule has 7 rings (SSSR count). The van der Waals surface area contributed by atoms with Crippen LogP contribution < -0.4 is 20.1 Å². The van der Waals surface area contributed by atoms with E-state index >= 15 is 0 Å². The van der Waals surface area contributed by atoms with E-state index in [1.54, 1.807) is 17.0 Å². The van der Waals surface area contributed by atoms with Crippen LogP contribution >= 0.6 is 11.6 Å². The van der Waals surface area contributed by atoms with E-state index in [4.69, 9.17) is 21.1 Å². The molecule has 3 fully saturated rings. The number of hydrogen-bond donors (Lipinski definition) is 2. The summed E-state index contributed by atoms with van der Waals surface area (Å²) in [6.07, 6.45) is 4.87. The molecule has 3 amide bonds. The van der Waals surface area contributed by atoms with Crippen LogP contribution in [-0.4, -0.2) is 72.0 Å². The molecule has 0 radical (unpaired) electrons. The molecule has 10 heteroatoms. The van der Waals surface area contributed by atoms with Crippen LogP contribution in [0, 0.1) is 0 Å². The summed E-state index contributed by atoms with van der Waals surface area (Å²) in [5.41, 5.74) is 2.78. The van der Waals surface area contributed by atoms with E-state index in [1.165, 1.54) is 5.56 Å². The number of piperidine rings is 2. The number of rotatable bonds is 7. The minimum absolute atomic E-state index is 0.105. The van der Waals surface area contributed by atoms with Crippen LogP contribution in [0.4, 0.5) is 0 Å². The molecule has 0 saturated carbocycles. The molecule has 2 unspecified atom stereocenters. The lowest BCUT2D eigenvalue weighted by molar-refractivity contribution is -0.136. The SMILES string of the molecule is C=CC.Clc1ccccc1OC1CNC1.O=C1CCC(N2Cc3cc(OC4CCCN(Cc5ccccc5)C4)ccc3C2=O)C(=O)N1. The topological polar surface area (TPSA) is 100 Å². The van der Waals surface area contributed by atoms with Crippen molar-refractivity contribution in [3.05, 3.63) is 107 Å². The van der Waals surface area contributed by atoms with E-state index in [1.807, 2.05) is 49.4 Å². The van der Waals surface area contributed by atoms with E-state index < -0.39 is 6.04 Å². The average molecular weight is 659 g/mol. The average Bonchev–Trinajstić information content (AvgIpc) is 3.36. The zero-order valence-corrected chi connectivity index (χ0v) is 27.6. The van der Waals surface area contributed by atoms with Crippen molar-refractivity contribution < 1.29 is 23.9 Å². The van der Waals surface area contributed by atoms with Gasteiger partial charge in [-0.3, -0.25) is 24.6 Å². The molecule has 4 heterocycles. The summed E-state index contributed by atoms with van der Waals surface area (Å²) < 4.78 is 11.9. The third-order valence-corrected chi connectivity index (χ3v) is 8.70. The highest BCUT2D eigenvalue weighted by Crippen LogP contribution is 2.31. The predicted octanol–water partition coefficient (Wildman–Crippen LogP) is 5.37. The summed E-state index contributed by atoms with van der Waals surface area (Å²) in [6.45, 7) is 10.3. The molecule has 3 saturated heterocycles. The molecule has 0 aromatic heterocycles. The van der Waals surface area contributed by atoms with Crippen LogP contribution in [0.1, 0.15) is 54.1 Å². The lowest BCUT2D eigenvalue weighted by Crippen LogP contribution is -2.52. The van der Waals surface area contributed by atoms with Gasteiger partial charge in [-0.25, -0.2) is 0 Å². The molecule has 0 aliphatic carbocycles. The maximum absolute atomic E-state index is 12.9. The van der Waals surface area contributed by atoms with Crippen LogP contribution in [0.15, 0.2) is 85.5 Å². The first-order valence-electron chi connectivity index (χ1n) is 16.2. The van der Waals surface area contributed by atoms with Gasteiger partial charge in [-0.05, 0) is 74.2 Å². The third kappa shape index (κ3) is 9.22. The number of carbonyl (C=O) groups is 3. The Hall–Kier alpha value is -4.18. The van der Waals surface area contributed by atoms with Crippen molar-refractivity contribution in [2.24, 2.45) is 0 Å². The molecule has 0 spiro atoms. The molecular weight excluding hydrogens is 616 g/mol. The molecular formula is C37H43ClN4O5. The zero-order chi connectivity index (χ0) is 33.2. The van der Waals surface area contributed by atoms with Gasteiger partial charge in [0, 0.05) is 44.7 Å². The van der Waals surface area contributed by atoms with E-state index in [9.17, 15) is 14.4 Å². The number of ether oxygens (including phenoxy) is 2. The lowest BCUT2D eigenvalue weighted by atomic mass is 10.0. The van der Waals surface area contributed by atoms with Crippen LogP contribution in [0.5, 0.6) is 11.5 Å². The van der Waals surface area contributed by atoms with Crippen LogP contribution in [0.3, 0.4) is 0 Å². The number of halogens is 1. The van der Waals surface area contributed by atoms with E-state index in [0.29, 0.717) is 29.7 Å². The maximum Gasteiger partial charge on any atom is 0.255 e. The predicted molar refractivity (Wildman–Crippen MR) is 182 cm³/mol. The second kappa shape index (κ2) is 16.6. The lowest BCUT2D eigenvalue weighted by Gasteiger charge is -2.33. The number of fused-ring (bicyclic) bond motifs is 1. The quantitative estimate of drug-likeness (QED) is 0.260. The van der Waals surface area contributed by atoms with Gasteiger partial charge < -0.3 is 19.7 Å². The standard InChI is InChI=1S/C25H27N3O4.C9H10ClNO.C3H6/c29-23-11-10-22(24(30)26-23)28-15-18-13-19(8-9-21(18)25(28)31)32-20-7-4-12-27(16-20)14-17-5-2-1-3-6-17;10-8-3-1-2-4-9(8)12-7-5-11-6-7;1-3-2/h1-3,5-6,8-9,13,20,22H,4,7,10-12,14-16H2,(H,26,29,30);1-4,7,11H,5-6H2;3H,1H2,2H3. The van der Waals surface area contributed by atoms with Crippen molar-refractivity contribution in [1.82, 2.24) is 20.4 Å². The van der Waals surface area contributed by atoms with Gasteiger partial charge in [-0.2, -0.15) is 0 Å². The summed E-state index contributed by atoms with van der Waals surface area (Å²) >= 11 is 5.90. The van der Waals surface area contributed by atoms with Gasteiger partial charge >= 0.3 is 0 Å². The summed E-state index contributed by atoms with van der Waals surface area (Å²) in [5.74, 6) is 0.714. The van der Waals surface area contributed by atoms with E-state index in [0.717, 1.165) is 62.6 Å². The van der Waals surface area contributed by atoms with Crippen LogP contribution in [0.2, 0.25) is 5.02 Å². The number of benzene rings is 3. The number of allylic oxidation sites excluding steroid dienone is 1. The van der Waals surface area contributed by atoms with Gasteiger partial charge in [0.1, 0.15) is 29.7 Å². The largest absolute Gasteiger partial charge is 0.489 e. The number of hydrogen-bond acceptors (Lipinski definition) is 7. The van der Waals surface area contributed by atoms with Gasteiger partial charge in [-0.1, -0.05) is 60.1 Å². The van der Waals surface area contributed by atoms with Crippen molar-refractivity contribution in [2.45, 2.75) is 63.9 Å². The summed E-state index contributed by atoms with van der Waals surface area (Å²) in [4.78, 5) is 40.5. The number of imide groups is 1. The second-order valence-electron chi connectivity index (χ2n) is 12.1. The molecule has 3 aromatic carbocycles. The Morgan fingerprint density at radius 2 is 1.70 bits per heavy atom. The van der Waals surface area contributed by atoms with Crippen molar-refractivity contribution in [3.63, 3.8) is 0 Å². The fourth-order valence-electron chi connectivity index (χ4n) is 5.98. The number of carbonyl (C=O) groups excluding carboxylic acids is 3. The summed E-state index contributed by atoms with van der Waals surface area (Å²) in [5, 5.41) is 6.16. The second-order valence-corrected chi connectivity index (χ2v) is 12.5. The normalized spacial score (nSPS) is 20.8. The van der Waals surface area contributed by atoms with Crippen molar-refractivity contribution in [2.75, 3.05) is 26.2 Å². The Bertz CT molecular complexity index is 1550. The Morgan fingerprint density at radius 3 is 2.40 bits per heavy atom. The van der Waals surface area contributed by atoms with Crippen molar-refractivity contribution >= 4 is 29.3 Å². The summed E-state index contributed by atoms with van der Waals surface area (Å²) in [7, 11) is 0. The summed E-state index contributed by atoms with van der Waals surface area (Å²) in [6, 6.07) is 23.0. The number of nitrogens with one attached hydrogen (secondary N) is 2. The molecule has 47 heavy (non-hydrogen) atoms. The molecule has 248 valence electrons. The Labute approximate surface area is 281 Å². The smallest absolute Gasteiger partial charge is 0.255 e. The van der Waals surface area contributed by atoms with Gasteiger partial charge in [0.05, 0.1) is 5.02 Å². The fourth-order valence-corrected chi connectivity index (χ4v) is 6.16. The molecule has 3 aromatic rings. The van der Waals surface area contributed by atoms with Crippen molar-refractivity contribution in [3.8, 4) is 11.5 Å². The Balaban J connectivity index is 0.000000239. The molecule has 2 atom stereocenters.